The Labute approximate surface area is 34.7 Å². The molecular weight excluding hydrogens is 85.0 g/mol. The van der Waals surface area contributed by atoms with Crippen LogP contribution in [0.3, 0.4) is 0 Å². The molecule has 0 saturated carbocycles. The Bertz CT molecular complexity index is 65.2. The first-order valence-corrected chi connectivity index (χ1v) is 1.65. The maximum atomic E-state index is 11.5. The van der Waals surface area contributed by atoms with Crippen LogP contribution in [0.4, 0.5) is 4.48 Å². The smallest absolute Gasteiger partial charge is 0.112 e. The van der Waals surface area contributed by atoms with Crippen molar-refractivity contribution >= 4 is 0 Å². The summed E-state index contributed by atoms with van der Waals surface area (Å²) in [5, 5.41) is 0.250. The SMILES string of the molecule is FN1CC=CO1. The van der Waals surface area contributed by atoms with Gasteiger partial charge in [-0.05, 0) is 6.08 Å². The molecule has 0 spiro atoms. The molecular formula is C3H4FNO. The third-order valence-corrected chi connectivity index (χ3v) is 0.520. The highest BCUT2D eigenvalue weighted by Gasteiger charge is 2.01. The molecule has 0 aliphatic carbocycles. The van der Waals surface area contributed by atoms with Gasteiger partial charge in [0.1, 0.15) is 6.26 Å². The molecule has 0 fully saturated rings. The molecule has 1 aliphatic heterocycles. The minimum Gasteiger partial charge on any atom is -0.384 e. The monoisotopic (exact) mass is 89.0 g/mol. The van der Waals surface area contributed by atoms with E-state index < -0.39 is 0 Å². The normalized spacial score (nSPS) is 21.5. The van der Waals surface area contributed by atoms with E-state index in [9.17, 15) is 4.48 Å². The average Bonchev–Trinajstić information content (AvgIpc) is 1.86. The first-order chi connectivity index (χ1) is 2.89. The molecule has 2 nitrogen and oxygen atoms in total. The maximum absolute atomic E-state index is 11.5. The van der Waals surface area contributed by atoms with Crippen molar-refractivity contribution in [1.82, 2.24) is 5.29 Å². The van der Waals surface area contributed by atoms with Gasteiger partial charge in [-0.2, -0.15) is 0 Å². The van der Waals surface area contributed by atoms with E-state index in [1.54, 1.807) is 6.08 Å². The fourth-order valence-electron chi connectivity index (χ4n) is 0.278. The quantitative estimate of drug-likeness (QED) is 0.403. The summed E-state index contributed by atoms with van der Waals surface area (Å²) in [6.45, 7) is 0.250. The first-order valence-electron chi connectivity index (χ1n) is 1.65. The van der Waals surface area contributed by atoms with E-state index in [4.69, 9.17) is 0 Å². The first kappa shape index (κ1) is 3.61. The topological polar surface area (TPSA) is 12.5 Å². The van der Waals surface area contributed by atoms with E-state index >= 15 is 0 Å². The van der Waals surface area contributed by atoms with E-state index in [1.807, 2.05) is 0 Å². The Morgan fingerprint density at radius 1 is 1.83 bits per heavy atom. The molecule has 0 N–H and O–H groups in total. The summed E-state index contributed by atoms with van der Waals surface area (Å²) in [7, 11) is 0. The minimum atomic E-state index is 0.250. The molecule has 3 heteroatoms. The lowest BCUT2D eigenvalue weighted by molar-refractivity contribution is -0.220. The molecule has 0 bridgehead atoms. The van der Waals surface area contributed by atoms with E-state index in [1.165, 1.54) is 6.26 Å². The molecule has 0 saturated heterocycles. The van der Waals surface area contributed by atoms with E-state index in [2.05, 4.69) is 4.84 Å². The Morgan fingerprint density at radius 3 is 2.83 bits per heavy atom. The molecule has 1 rings (SSSR count). The van der Waals surface area contributed by atoms with Crippen LogP contribution in [0.1, 0.15) is 0 Å². The molecule has 0 amide bonds. The molecule has 1 aliphatic rings. The Balaban J connectivity index is 2.32. The number of hydrogen-bond donors (Lipinski definition) is 0. The summed E-state index contributed by atoms with van der Waals surface area (Å²) in [5.41, 5.74) is 0. The van der Waals surface area contributed by atoms with Gasteiger partial charge in [0.05, 0.1) is 6.54 Å². The fraction of sp³-hybridized carbons (Fsp3) is 0.333. The molecule has 6 heavy (non-hydrogen) atoms. The minimum absolute atomic E-state index is 0.250. The van der Waals surface area contributed by atoms with Crippen LogP contribution in [0.5, 0.6) is 0 Å². The number of halogens is 1. The van der Waals surface area contributed by atoms with Gasteiger partial charge in [0.15, 0.2) is 0 Å². The number of hydroxylamine groups is 1. The van der Waals surface area contributed by atoms with Gasteiger partial charge in [0, 0.05) is 5.29 Å². The zero-order valence-corrected chi connectivity index (χ0v) is 3.10. The Kier molecular flexibility index (Phi) is 0.759. The summed E-state index contributed by atoms with van der Waals surface area (Å²) in [6.07, 6.45) is 2.89. The number of rotatable bonds is 0. The van der Waals surface area contributed by atoms with Crippen LogP contribution in [0.15, 0.2) is 12.3 Å². The van der Waals surface area contributed by atoms with Crippen molar-refractivity contribution < 1.29 is 9.32 Å². The lowest BCUT2D eigenvalue weighted by atomic mass is 10.7. The van der Waals surface area contributed by atoms with Crippen molar-refractivity contribution in [1.29, 1.82) is 0 Å². The zero-order chi connectivity index (χ0) is 4.41. The second-order valence-corrected chi connectivity index (χ2v) is 0.977. The highest BCUT2D eigenvalue weighted by Crippen LogP contribution is 1.98. The molecule has 0 aromatic rings. The molecule has 1 heterocycles. The summed E-state index contributed by atoms with van der Waals surface area (Å²) in [4.78, 5) is 4.14. The van der Waals surface area contributed by atoms with Crippen molar-refractivity contribution in [3.63, 3.8) is 0 Å². The lowest BCUT2D eigenvalue weighted by Crippen LogP contribution is -2.03. The van der Waals surface area contributed by atoms with Crippen molar-refractivity contribution in [2.75, 3.05) is 6.54 Å². The number of hydrogen-bond acceptors (Lipinski definition) is 2. The van der Waals surface area contributed by atoms with Gasteiger partial charge in [-0.15, -0.1) is 0 Å². The summed E-state index contributed by atoms with van der Waals surface area (Å²) < 4.78 is 11.5. The second kappa shape index (κ2) is 1.26. The largest absolute Gasteiger partial charge is 0.384 e. The van der Waals surface area contributed by atoms with Gasteiger partial charge in [-0.3, -0.25) is 0 Å². The van der Waals surface area contributed by atoms with Crippen molar-refractivity contribution in [3.8, 4) is 0 Å². The van der Waals surface area contributed by atoms with Gasteiger partial charge >= 0.3 is 0 Å². The van der Waals surface area contributed by atoms with Crippen LogP contribution in [0.25, 0.3) is 0 Å². The van der Waals surface area contributed by atoms with Gasteiger partial charge in [0.2, 0.25) is 0 Å². The van der Waals surface area contributed by atoms with Gasteiger partial charge in [0.25, 0.3) is 0 Å². The molecule has 34 valence electrons. The number of nitrogens with zero attached hydrogens (tertiary/aromatic N) is 1. The summed E-state index contributed by atoms with van der Waals surface area (Å²) in [5.74, 6) is 0. The van der Waals surface area contributed by atoms with E-state index in [0.717, 1.165) is 0 Å². The second-order valence-electron chi connectivity index (χ2n) is 0.977. The third kappa shape index (κ3) is 0.490. The van der Waals surface area contributed by atoms with Crippen molar-refractivity contribution in [3.05, 3.63) is 12.3 Å². The van der Waals surface area contributed by atoms with Gasteiger partial charge in [-0.25, -0.2) is 0 Å². The van der Waals surface area contributed by atoms with Crippen molar-refractivity contribution in [2.45, 2.75) is 0 Å². The van der Waals surface area contributed by atoms with Crippen LogP contribution >= 0.6 is 0 Å². The predicted molar refractivity (Wildman–Crippen MR) is 18.0 cm³/mol. The average molecular weight is 89.1 g/mol. The zero-order valence-electron chi connectivity index (χ0n) is 3.10. The highest BCUT2D eigenvalue weighted by molar-refractivity contribution is 4.78. The van der Waals surface area contributed by atoms with E-state index in [-0.39, 0.29) is 11.8 Å². The standard InChI is InChI=1S/C3H4FNO/c4-5-2-1-3-6-5/h1,3H,2H2. The molecule has 0 aromatic carbocycles. The van der Waals surface area contributed by atoms with Crippen LogP contribution in [0.2, 0.25) is 0 Å². The van der Waals surface area contributed by atoms with Crippen LogP contribution in [-0.4, -0.2) is 11.8 Å². The van der Waals surface area contributed by atoms with Gasteiger partial charge in [-0.1, -0.05) is 4.48 Å². The van der Waals surface area contributed by atoms with Crippen LogP contribution < -0.4 is 0 Å². The summed E-state index contributed by atoms with van der Waals surface area (Å²) >= 11 is 0. The fourth-order valence-corrected chi connectivity index (χ4v) is 0.278. The third-order valence-electron chi connectivity index (χ3n) is 0.520. The molecule has 0 atom stereocenters. The summed E-state index contributed by atoms with van der Waals surface area (Å²) in [6, 6.07) is 0. The van der Waals surface area contributed by atoms with Crippen molar-refractivity contribution in [2.24, 2.45) is 0 Å². The van der Waals surface area contributed by atoms with E-state index in [0.29, 0.717) is 0 Å². The predicted octanol–water partition coefficient (Wildman–Crippen LogP) is 0.632. The molecule has 0 aromatic heterocycles. The Hall–Kier alpha value is -0.570. The van der Waals surface area contributed by atoms with Crippen LogP contribution in [0, 0.1) is 0 Å². The lowest BCUT2D eigenvalue weighted by Gasteiger charge is -1.95. The molecule has 0 unspecified atom stereocenters. The Morgan fingerprint density at radius 2 is 2.67 bits per heavy atom. The highest BCUT2D eigenvalue weighted by atomic mass is 19.2. The molecule has 0 radical (unpaired) electrons. The maximum Gasteiger partial charge on any atom is 0.112 e. The van der Waals surface area contributed by atoms with Crippen LogP contribution in [-0.2, 0) is 4.84 Å². The van der Waals surface area contributed by atoms with Gasteiger partial charge < -0.3 is 4.84 Å².